The minimum absolute atomic E-state index is 0.0308. The maximum Gasteiger partial charge on any atom is 0.176 e. The van der Waals surface area contributed by atoms with Crippen LogP contribution >= 0.6 is 0 Å². The summed E-state index contributed by atoms with van der Waals surface area (Å²) in [6, 6.07) is 10.8. The molecule has 1 aromatic carbocycles. The lowest BCUT2D eigenvalue weighted by molar-refractivity contribution is -0.121. The van der Waals surface area contributed by atoms with E-state index in [0.29, 0.717) is 12.5 Å². The minimum Gasteiger partial charge on any atom is -0.383 e. The highest BCUT2D eigenvalue weighted by atomic mass is 16.5. The molecule has 3 atom stereocenters. The highest BCUT2D eigenvalue weighted by Gasteiger charge is 2.50. The molecule has 31 heavy (non-hydrogen) atoms. The van der Waals surface area contributed by atoms with Gasteiger partial charge in [-0.15, -0.1) is 0 Å². The van der Waals surface area contributed by atoms with Crippen LogP contribution in [0.3, 0.4) is 0 Å². The van der Waals surface area contributed by atoms with Gasteiger partial charge >= 0.3 is 0 Å². The number of ether oxygens (including phenoxy) is 1. The molecule has 162 valence electrons. The van der Waals surface area contributed by atoms with Gasteiger partial charge in [0.1, 0.15) is 11.9 Å². The normalized spacial score (nSPS) is 25.1. The minimum atomic E-state index is -0.420. The van der Waals surface area contributed by atoms with Crippen molar-refractivity contribution in [3.8, 4) is 17.5 Å². The number of nitrogens with zero attached hydrogens (tertiary/aromatic N) is 3. The molecule has 0 unspecified atom stereocenters. The van der Waals surface area contributed by atoms with E-state index in [1.807, 2.05) is 13.0 Å². The number of benzene rings is 1. The predicted octanol–water partition coefficient (Wildman–Crippen LogP) is 4.81. The molecule has 0 saturated heterocycles. The van der Waals surface area contributed by atoms with Crippen LogP contribution in [0.25, 0.3) is 11.4 Å². The van der Waals surface area contributed by atoms with Gasteiger partial charge in [-0.1, -0.05) is 58.0 Å². The zero-order chi connectivity index (χ0) is 22.3. The lowest BCUT2D eigenvalue weighted by Crippen LogP contribution is -2.45. The van der Waals surface area contributed by atoms with E-state index < -0.39 is 5.41 Å². The molecule has 2 aromatic rings. The quantitative estimate of drug-likeness (QED) is 0.700. The Morgan fingerprint density at radius 2 is 2.03 bits per heavy atom. The van der Waals surface area contributed by atoms with Crippen LogP contribution in [-0.4, -0.2) is 29.1 Å². The third kappa shape index (κ3) is 3.43. The van der Waals surface area contributed by atoms with Crippen LogP contribution in [0, 0.1) is 23.2 Å². The molecule has 4 rings (SSSR count). The number of hydrogen-bond donors (Lipinski definition) is 0. The number of Topliss-reactive ketones (excluding diaryl/α,β-unsaturated/α-hetero) is 1. The Labute approximate surface area is 184 Å². The summed E-state index contributed by atoms with van der Waals surface area (Å²) >= 11 is 0. The Bertz CT molecular complexity index is 1070. The fourth-order valence-corrected chi connectivity index (χ4v) is 5.43. The molecule has 0 saturated carbocycles. The second-order valence-electron chi connectivity index (χ2n) is 9.40. The highest BCUT2D eigenvalue weighted by Crippen LogP contribution is 2.50. The number of aromatic nitrogens is 2. The molecular formula is C26H31N3O2. The van der Waals surface area contributed by atoms with Crippen molar-refractivity contribution in [3.63, 3.8) is 0 Å². The summed E-state index contributed by atoms with van der Waals surface area (Å²) < 4.78 is 7.68. The number of fused-ring (bicyclic) bond motifs is 3. The van der Waals surface area contributed by atoms with E-state index in [1.54, 1.807) is 7.11 Å². The van der Waals surface area contributed by atoms with Gasteiger partial charge in [0.05, 0.1) is 17.9 Å². The van der Waals surface area contributed by atoms with Crippen molar-refractivity contribution in [2.45, 2.75) is 58.4 Å². The Hall–Kier alpha value is -2.71. The van der Waals surface area contributed by atoms with Gasteiger partial charge in [0, 0.05) is 36.2 Å². The molecule has 5 nitrogen and oxygen atoms in total. The summed E-state index contributed by atoms with van der Waals surface area (Å²) in [6.45, 7) is 9.83. The zero-order valence-corrected chi connectivity index (χ0v) is 19.1. The number of allylic oxidation sites excluding steroid dienone is 2. The molecule has 1 heterocycles. The number of carbonyl (C=O) groups is 1. The fraction of sp³-hybridized carbons (Fsp3) is 0.500. The number of methoxy groups -OCH3 is 1. The van der Waals surface area contributed by atoms with Crippen molar-refractivity contribution in [1.82, 2.24) is 9.55 Å². The van der Waals surface area contributed by atoms with Gasteiger partial charge in [-0.25, -0.2) is 4.98 Å². The maximum absolute atomic E-state index is 12.7. The number of rotatable bonds is 5. The van der Waals surface area contributed by atoms with Crippen LogP contribution < -0.4 is 0 Å². The van der Waals surface area contributed by atoms with Crippen molar-refractivity contribution >= 4 is 5.78 Å². The Morgan fingerprint density at radius 3 is 2.65 bits per heavy atom. The van der Waals surface area contributed by atoms with E-state index in [1.165, 1.54) is 11.3 Å². The van der Waals surface area contributed by atoms with Gasteiger partial charge in [0.25, 0.3) is 0 Å². The second kappa shape index (κ2) is 8.09. The SMILES string of the molecule is COCCn1c(-c2ccc(C(C)C)cc2)nc2c1CC[C@@H]1[C@@H](C)C(=O)C(C#N)=C[C@@]21C. The first-order chi connectivity index (χ1) is 14.8. The summed E-state index contributed by atoms with van der Waals surface area (Å²) in [5, 5.41) is 9.58. The van der Waals surface area contributed by atoms with Crippen molar-refractivity contribution in [2.75, 3.05) is 13.7 Å². The van der Waals surface area contributed by atoms with Crippen LogP contribution in [0.5, 0.6) is 0 Å². The van der Waals surface area contributed by atoms with Crippen LogP contribution in [0.4, 0.5) is 0 Å². The van der Waals surface area contributed by atoms with Crippen LogP contribution in [0.15, 0.2) is 35.9 Å². The van der Waals surface area contributed by atoms with Crippen molar-refractivity contribution in [1.29, 1.82) is 5.26 Å². The van der Waals surface area contributed by atoms with Gasteiger partial charge in [-0.05, 0) is 30.2 Å². The topological polar surface area (TPSA) is 67.9 Å². The van der Waals surface area contributed by atoms with Crippen LogP contribution in [0.2, 0.25) is 0 Å². The third-order valence-corrected chi connectivity index (χ3v) is 7.25. The molecule has 0 radical (unpaired) electrons. The number of nitriles is 1. The summed E-state index contributed by atoms with van der Waals surface area (Å²) in [5.74, 6) is 1.38. The average Bonchev–Trinajstić information content (AvgIpc) is 3.14. The van der Waals surface area contributed by atoms with Gasteiger partial charge < -0.3 is 9.30 Å². The third-order valence-electron chi connectivity index (χ3n) is 7.25. The van der Waals surface area contributed by atoms with E-state index in [-0.39, 0.29) is 23.2 Å². The molecule has 0 N–H and O–H groups in total. The average molecular weight is 418 g/mol. The van der Waals surface area contributed by atoms with Gasteiger partial charge in [0.15, 0.2) is 5.78 Å². The molecule has 2 aliphatic carbocycles. The zero-order valence-electron chi connectivity index (χ0n) is 19.1. The Balaban J connectivity index is 1.88. The molecular weight excluding hydrogens is 386 g/mol. The monoisotopic (exact) mass is 417 g/mol. The number of carbonyl (C=O) groups excluding carboxylic acids is 1. The Kier molecular flexibility index (Phi) is 5.61. The summed E-state index contributed by atoms with van der Waals surface area (Å²) in [4.78, 5) is 17.8. The summed E-state index contributed by atoms with van der Waals surface area (Å²) in [5.41, 5.74) is 4.45. The lowest BCUT2D eigenvalue weighted by Gasteiger charge is -2.44. The summed E-state index contributed by atoms with van der Waals surface area (Å²) in [6.07, 6.45) is 3.68. The molecule has 5 heteroatoms. The first kappa shape index (κ1) is 21.5. The van der Waals surface area contributed by atoms with Crippen molar-refractivity contribution < 1.29 is 9.53 Å². The molecule has 1 aromatic heterocycles. The van der Waals surface area contributed by atoms with Gasteiger partial charge in [-0.3, -0.25) is 4.79 Å². The Morgan fingerprint density at radius 1 is 1.32 bits per heavy atom. The molecule has 2 aliphatic rings. The largest absolute Gasteiger partial charge is 0.383 e. The van der Waals surface area contributed by atoms with Crippen molar-refractivity contribution in [3.05, 3.63) is 52.9 Å². The first-order valence-corrected chi connectivity index (χ1v) is 11.2. The predicted molar refractivity (Wildman–Crippen MR) is 121 cm³/mol. The van der Waals surface area contributed by atoms with Crippen molar-refractivity contribution in [2.24, 2.45) is 11.8 Å². The van der Waals surface area contributed by atoms with E-state index >= 15 is 0 Å². The standard InChI is InChI=1S/C26H31N3O2/c1-16(2)18-6-8-19(9-7-18)25-28-24-22(29(25)12-13-31-5)11-10-21-17(3)23(30)20(15-27)14-26(21,24)4/h6-9,14,16-17,21H,10-13H2,1-5H3/t17-,21-,26-/m1/s1. The lowest BCUT2D eigenvalue weighted by atomic mass is 9.58. The molecule has 0 fully saturated rings. The fourth-order valence-electron chi connectivity index (χ4n) is 5.43. The van der Waals surface area contributed by atoms with Crippen LogP contribution in [-0.2, 0) is 27.9 Å². The summed E-state index contributed by atoms with van der Waals surface area (Å²) in [7, 11) is 1.72. The van der Waals surface area contributed by atoms with E-state index in [9.17, 15) is 10.1 Å². The van der Waals surface area contributed by atoms with Gasteiger partial charge in [-0.2, -0.15) is 5.26 Å². The molecule has 0 bridgehead atoms. The number of imidazole rings is 1. The van der Waals surface area contributed by atoms with E-state index in [2.05, 4.69) is 55.7 Å². The smallest absolute Gasteiger partial charge is 0.176 e. The number of ketones is 1. The number of hydrogen-bond acceptors (Lipinski definition) is 4. The van der Waals surface area contributed by atoms with Crippen LogP contribution in [0.1, 0.15) is 57.0 Å². The van der Waals surface area contributed by atoms with Gasteiger partial charge in [0.2, 0.25) is 0 Å². The van der Waals surface area contributed by atoms with E-state index in [4.69, 9.17) is 9.72 Å². The molecule has 0 aliphatic heterocycles. The second-order valence-corrected chi connectivity index (χ2v) is 9.40. The maximum atomic E-state index is 12.7. The molecule has 0 amide bonds. The highest BCUT2D eigenvalue weighted by molar-refractivity contribution is 6.02. The van der Waals surface area contributed by atoms with E-state index in [0.717, 1.165) is 36.5 Å². The first-order valence-electron chi connectivity index (χ1n) is 11.2. The molecule has 0 spiro atoms.